The topological polar surface area (TPSA) is 61.9 Å². The van der Waals surface area contributed by atoms with Gasteiger partial charge in [0.2, 0.25) is 11.8 Å². The predicted molar refractivity (Wildman–Crippen MR) is 95.2 cm³/mol. The second-order valence-corrected chi connectivity index (χ2v) is 7.27. The predicted octanol–water partition coefficient (Wildman–Crippen LogP) is 1.50. The Balaban J connectivity index is 1.45. The minimum atomic E-state index is -4.33. The second-order valence-electron chi connectivity index (χ2n) is 7.27. The van der Waals surface area contributed by atoms with Crippen molar-refractivity contribution in [3.8, 4) is 0 Å². The molecule has 1 aromatic carbocycles. The normalized spacial score (nSPS) is 21.1. The van der Waals surface area contributed by atoms with Crippen LogP contribution in [0.4, 0.5) is 13.2 Å². The SMILES string of the molecule is COCCNC(=O)C1CC(=O)N(C2CN(Cc3ccc(C(F)(F)F)cc3)C2)C1. The first-order valence-electron chi connectivity index (χ1n) is 9.22. The molecular formula is C19H24F3N3O3. The number of alkyl halides is 3. The van der Waals surface area contributed by atoms with E-state index < -0.39 is 11.7 Å². The highest BCUT2D eigenvalue weighted by atomic mass is 19.4. The zero-order valence-corrected chi connectivity index (χ0v) is 15.7. The van der Waals surface area contributed by atoms with E-state index in [1.54, 1.807) is 12.0 Å². The Hall–Kier alpha value is -2.13. The van der Waals surface area contributed by atoms with Gasteiger partial charge in [0.15, 0.2) is 0 Å². The summed E-state index contributed by atoms with van der Waals surface area (Å²) in [5.41, 5.74) is 0.143. The van der Waals surface area contributed by atoms with Crippen LogP contribution in [0.1, 0.15) is 17.5 Å². The highest BCUT2D eigenvalue weighted by Crippen LogP contribution is 2.30. The number of nitrogens with zero attached hydrogens (tertiary/aromatic N) is 2. The Morgan fingerprint density at radius 1 is 1.21 bits per heavy atom. The first kappa shape index (κ1) is 20.6. The minimum Gasteiger partial charge on any atom is -0.383 e. The molecule has 2 saturated heterocycles. The van der Waals surface area contributed by atoms with Gasteiger partial charge in [-0.3, -0.25) is 14.5 Å². The molecular weight excluding hydrogens is 375 g/mol. The number of hydrogen-bond donors (Lipinski definition) is 1. The smallest absolute Gasteiger partial charge is 0.383 e. The van der Waals surface area contributed by atoms with Crippen LogP contribution in [-0.2, 0) is 27.0 Å². The lowest BCUT2D eigenvalue weighted by atomic mass is 10.0. The Labute approximate surface area is 161 Å². The standard InChI is InChI=1S/C19H24F3N3O3/c1-28-7-6-23-18(27)14-8-17(26)25(10-14)16-11-24(12-16)9-13-2-4-15(5-3-13)19(20,21)22/h2-5,14,16H,6-12H2,1H3,(H,23,27). The molecule has 0 bridgehead atoms. The van der Waals surface area contributed by atoms with Crippen molar-refractivity contribution in [3.05, 3.63) is 35.4 Å². The number of amides is 2. The largest absolute Gasteiger partial charge is 0.416 e. The van der Waals surface area contributed by atoms with E-state index in [9.17, 15) is 22.8 Å². The van der Waals surface area contributed by atoms with Crippen molar-refractivity contribution in [2.75, 3.05) is 39.9 Å². The molecule has 6 nitrogen and oxygen atoms in total. The van der Waals surface area contributed by atoms with Crippen LogP contribution in [-0.4, -0.2) is 67.6 Å². The summed E-state index contributed by atoms with van der Waals surface area (Å²) in [6.07, 6.45) is -4.11. The van der Waals surface area contributed by atoms with E-state index >= 15 is 0 Å². The van der Waals surface area contributed by atoms with Crippen molar-refractivity contribution < 1.29 is 27.5 Å². The quantitative estimate of drug-likeness (QED) is 0.706. The molecule has 9 heteroatoms. The third-order valence-corrected chi connectivity index (χ3v) is 5.20. The lowest BCUT2D eigenvalue weighted by molar-refractivity contribution is -0.137. The van der Waals surface area contributed by atoms with E-state index in [0.717, 1.165) is 17.7 Å². The van der Waals surface area contributed by atoms with Crippen molar-refractivity contribution in [2.45, 2.75) is 25.2 Å². The Kier molecular flexibility index (Phi) is 6.24. The molecule has 1 aromatic rings. The molecule has 154 valence electrons. The number of hydrogen-bond acceptors (Lipinski definition) is 4. The summed E-state index contributed by atoms with van der Waals surface area (Å²) in [4.78, 5) is 28.2. The molecule has 0 aromatic heterocycles. The van der Waals surface area contributed by atoms with Crippen LogP contribution >= 0.6 is 0 Å². The van der Waals surface area contributed by atoms with Gasteiger partial charge in [-0.1, -0.05) is 12.1 Å². The summed E-state index contributed by atoms with van der Waals surface area (Å²) in [5, 5.41) is 2.76. The van der Waals surface area contributed by atoms with Crippen molar-refractivity contribution in [3.63, 3.8) is 0 Å². The van der Waals surface area contributed by atoms with Crippen molar-refractivity contribution in [1.82, 2.24) is 15.1 Å². The minimum absolute atomic E-state index is 0.0222. The van der Waals surface area contributed by atoms with Gasteiger partial charge < -0.3 is 15.0 Å². The molecule has 2 amide bonds. The Bertz CT molecular complexity index is 703. The number of carbonyl (C=O) groups excluding carboxylic acids is 2. The van der Waals surface area contributed by atoms with Gasteiger partial charge in [0.1, 0.15) is 0 Å². The van der Waals surface area contributed by atoms with Gasteiger partial charge in [-0.05, 0) is 17.7 Å². The summed E-state index contributed by atoms with van der Waals surface area (Å²) in [6, 6.07) is 5.20. The third-order valence-electron chi connectivity index (χ3n) is 5.20. The molecule has 0 saturated carbocycles. The number of ether oxygens (including phenoxy) is 1. The fourth-order valence-electron chi connectivity index (χ4n) is 3.61. The Morgan fingerprint density at radius 3 is 2.50 bits per heavy atom. The van der Waals surface area contributed by atoms with Crippen molar-refractivity contribution in [1.29, 1.82) is 0 Å². The van der Waals surface area contributed by atoms with E-state index in [0.29, 0.717) is 39.3 Å². The summed E-state index contributed by atoms with van der Waals surface area (Å²) in [5.74, 6) is -0.492. The monoisotopic (exact) mass is 399 g/mol. The fraction of sp³-hybridized carbons (Fsp3) is 0.579. The molecule has 1 N–H and O–H groups in total. The zero-order chi connectivity index (χ0) is 20.3. The molecule has 0 spiro atoms. The maximum atomic E-state index is 12.6. The summed E-state index contributed by atoms with van der Waals surface area (Å²) < 4.78 is 42.7. The van der Waals surface area contributed by atoms with Crippen LogP contribution < -0.4 is 5.32 Å². The van der Waals surface area contributed by atoms with Gasteiger partial charge in [-0.15, -0.1) is 0 Å². The molecule has 2 fully saturated rings. The number of likely N-dealkylation sites (tertiary alicyclic amines) is 2. The summed E-state index contributed by atoms with van der Waals surface area (Å²) in [7, 11) is 1.56. The van der Waals surface area contributed by atoms with E-state index in [-0.39, 0.29) is 30.2 Å². The number of carbonyl (C=O) groups is 2. The maximum absolute atomic E-state index is 12.6. The number of rotatable bonds is 7. The number of methoxy groups -OCH3 is 1. The summed E-state index contributed by atoms with van der Waals surface area (Å²) in [6.45, 7) is 3.12. The van der Waals surface area contributed by atoms with Crippen LogP contribution in [0.3, 0.4) is 0 Å². The molecule has 1 atom stereocenters. The van der Waals surface area contributed by atoms with Crippen LogP contribution in [0, 0.1) is 5.92 Å². The average molecular weight is 399 g/mol. The first-order chi connectivity index (χ1) is 13.3. The summed E-state index contributed by atoms with van der Waals surface area (Å²) >= 11 is 0. The van der Waals surface area contributed by atoms with Gasteiger partial charge in [0.05, 0.1) is 24.1 Å². The van der Waals surface area contributed by atoms with Crippen LogP contribution in [0.2, 0.25) is 0 Å². The van der Waals surface area contributed by atoms with Crippen LogP contribution in [0.15, 0.2) is 24.3 Å². The number of benzene rings is 1. The fourth-order valence-corrected chi connectivity index (χ4v) is 3.61. The van der Waals surface area contributed by atoms with E-state index in [1.165, 1.54) is 12.1 Å². The third kappa shape index (κ3) is 4.82. The van der Waals surface area contributed by atoms with Crippen LogP contribution in [0.25, 0.3) is 0 Å². The maximum Gasteiger partial charge on any atom is 0.416 e. The molecule has 1 unspecified atom stereocenters. The second kappa shape index (κ2) is 8.48. The van der Waals surface area contributed by atoms with E-state index in [1.807, 2.05) is 0 Å². The number of halogens is 3. The number of nitrogens with one attached hydrogen (secondary N) is 1. The highest BCUT2D eigenvalue weighted by molar-refractivity contribution is 5.89. The van der Waals surface area contributed by atoms with Gasteiger partial charge in [-0.25, -0.2) is 0 Å². The van der Waals surface area contributed by atoms with E-state index in [2.05, 4.69) is 10.2 Å². The molecule has 0 radical (unpaired) electrons. The molecule has 2 aliphatic rings. The molecule has 2 heterocycles. The zero-order valence-electron chi connectivity index (χ0n) is 15.7. The van der Waals surface area contributed by atoms with Crippen molar-refractivity contribution >= 4 is 11.8 Å². The van der Waals surface area contributed by atoms with Gasteiger partial charge in [0, 0.05) is 46.3 Å². The van der Waals surface area contributed by atoms with E-state index in [4.69, 9.17) is 4.74 Å². The lowest BCUT2D eigenvalue weighted by Gasteiger charge is -2.44. The average Bonchev–Trinajstić information content (AvgIpc) is 2.99. The first-order valence-corrected chi connectivity index (χ1v) is 9.22. The highest BCUT2D eigenvalue weighted by Gasteiger charge is 2.42. The van der Waals surface area contributed by atoms with Crippen molar-refractivity contribution in [2.24, 2.45) is 5.92 Å². The Morgan fingerprint density at radius 2 is 1.89 bits per heavy atom. The molecule has 3 rings (SSSR count). The van der Waals surface area contributed by atoms with Gasteiger partial charge >= 0.3 is 6.18 Å². The van der Waals surface area contributed by atoms with Gasteiger partial charge in [-0.2, -0.15) is 13.2 Å². The molecule has 2 aliphatic heterocycles. The van der Waals surface area contributed by atoms with Crippen LogP contribution in [0.5, 0.6) is 0 Å². The van der Waals surface area contributed by atoms with Gasteiger partial charge in [0.25, 0.3) is 0 Å². The lowest BCUT2D eigenvalue weighted by Crippen LogP contribution is -2.59. The molecule has 28 heavy (non-hydrogen) atoms. The molecule has 0 aliphatic carbocycles.